The highest BCUT2D eigenvalue weighted by atomic mass is 35.5. The monoisotopic (exact) mass is 293 g/mol. The van der Waals surface area contributed by atoms with Crippen molar-refractivity contribution >= 4 is 17.7 Å². The minimum absolute atomic E-state index is 0.135. The average Bonchev–Trinajstić information content (AvgIpc) is 2.45. The van der Waals surface area contributed by atoms with Gasteiger partial charge in [0.1, 0.15) is 12.4 Å². The van der Waals surface area contributed by atoms with E-state index >= 15 is 0 Å². The summed E-state index contributed by atoms with van der Waals surface area (Å²) in [6, 6.07) is 13.6. The van der Waals surface area contributed by atoms with Gasteiger partial charge >= 0.3 is 6.09 Å². The summed E-state index contributed by atoms with van der Waals surface area (Å²) in [5, 5.41) is 2.90. The summed E-state index contributed by atoms with van der Waals surface area (Å²) in [5.74, 6) is -0.492. The van der Waals surface area contributed by atoms with Crippen LogP contribution >= 0.6 is 11.6 Å². The van der Waals surface area contributed by atoms with Crippen LogP contribution in [0, 0.1) is 5.82 Å². The van der Waals surface area contributed by atoms with Crippen LogP contribution in [-0.2, 0) is 17.9 Å². The summed E-state index contributed by atoms with van der Waals surface area (Å²) in [4.78, 5) is 11.5. The van der Waals surface area contributed by atoms with Gasteiger partial charge in [-0.2, -0.15) is 0 Å². The molecule has 0 spiro atoms. The van der Waals surface area contributed by atoms with Gasteiger partial charge in [0.15, 0.2) is 0 Å². The van der Waals surface area contributed by atoms with Crippen molar-refractivity contribution in [2.75, 3.05) is 0 Å². The van der Waals surface area contributed by atoms with Crippen LogP contribution in [-0.4, -0.2) is 6.09 Å². The molecule has 2 rings (SSSR count). The zero-order valence-electron chi connectivity index (χ0n) is 10.6. The Morgan fingerprint density at radius 3 is 2.65 bits per heavy atom. The van der Waals surface area contributed by atoms with E-state index in [9.17, 15) is 9.18 Å². The van der Waals surface area contributed by atoms with E-state index in [1.807, 2.05) is 30.3 Å². The number of carbonyl (C=O) groups excluding carboxylic acids is 1. The zero-order chi connectivity index (χ0) is 14.4. The first kappa shape index (κ1) is 14.3. The Morgan fingerprint density at radius 1 is 1.20 bits per heavy atom. The van der Waals surface area contributed by atoms with Gasteiger partial charge in [-0.1, -0.05) is 48.0 Å². The number of halogens is 2. The molecule has 0 saturated heterocycles. The normalized spacial score (nSPS) is 10.1. The molecule has 104 valence electrons. The molecule has 2 aromatic rings. The number of ether oxygens (including phenoxy) is 1. The molecule has 0 bridgehead atoms. The molecule has 0 aliphatic heterocycles. The second-order valence-corrected chi connectivity index (χ2v) is 4.59. The lowest BCUT2D eigenvalue weighted by Gasteiger charge is -2.08. The fraction of sp³-hybridized carbons (Fsp3) is 0.133. The zero-order valence-corrected chi connectivity index (χ0v) is 11.4. The highest BCUT2D eigenvalue weighted by Crippen LogP contribution is 2.15. The highest BCUT2D eigenvalue weighted by molar-refractivity contribution is 6.30. The van der Waals surface area contributed by atoms with Crippen LogP contribution in [0.2, 0.25) is 5.02 Å². The summed E-state index contributed by atoms with van der Waals surface area (Å²) in [6.45, 7) is 0.229. The minimum Gasteiger partial charge on any atom is -0.445 e. The molecule has 2 aromatic carbocycles. The Morgan fingerprint density at radius 2 is 1.95 bits per heavy atom. The van der Waals surface area contributed by atoms with Crippen molar-refractivity contribution in [2.45, 2.75) is 13.2 Å². The molecule has 5 heteroatoms. The molecular formula is C15H13ClFNO2. The summed E-state index contributed by atoms with van der Waals surface area (Å²) < 4.78 is 18.4. The van der Waals surface area contributed by atoms with Gasteiger partial charge in [-0.25, -0.2) is 9.18 Å². The van der Waals surface area contributed by atoms with Crippen LogP contribution < -0.4 is 5.32 Å². The molecule has 0 saturated carbocycles. The Labute approximate surface area is 121 Å². The lowest BCUT2D eigenvalue weighted by atomic mass is 10.2. The number of benzene rings is 2. The third-order valence-electron chi connectivity index (χ3n) is 2.65. The predicted molar refractivity (Wildman–Crippen MR) is 74.9 cm³/mol. The van der Waals surface area contributed by atoms with E-state index in [4.69, 9.17) is 16.3 Å². The summed E-state index contributed by atoms with van der Waals surface area (Å²) >= 11 is 5.64. The number of hydrogen-bond acceptors (Lipinski definition) is 2. The van der Waals surface area contributed by atoms with Crippen molar-refractivity contribution in [3.63, 3.8) is 0 Å². The van der Waals surface area contributed by atoms with Crippen molar-refractivity contribution in [1.82, 2.24) is 5.32 Å². The topological polar surface area (TPSA) is 38.3 Å². The van der Waals surface area contributed by atoms with E-state index in [-0.39, 0.29) is 12.2 Å². The number of carbonyl (C=O) groups is 1. The van der Waals surface area contributed by atoms with Crippen LogP contribution in [0.1, 0.15) is 11.1 Å². The van der Waals surface area contributed by atoms with Gasteiger partial charge in [-0.3, -0.25) is 0 Å². The average molecular weight is 294 g/mol. The maximum absolute atomic E-state index is 13.5. The van der Waals surface area contributed by atoms with Crippen molar-refractivity contribution in [1.29, 1.82) is 0 Å². The molecule has 0 aliphatic rings. The maximum atomic E-state index is 13.5. The molecule has 20 heavy (non-hydrogen) atoms. The second-order valence-electron chi connectivity index (χ2n) is 4.15. The van der Waals surface area contributed by atoms with Crippen LogP contribution in [0.15, 0.2) is 48.5 Å². The Balaban J connectivity index is 1.80. The first-order chi connectivity index (χ1) is 9.65. The maximum Gasteiger partial charge on any atom is 0.407 e. The fourth-order valence-electron chi connectivity index (χ4n) is 1.60. The van der Waals surface area contributed by atoms with Gasteiger partial charge in [0, 0.05) is 17.1 Å². The number of nitrogens with one attached hydrogen (secondary N) is 1. The minimum atomic E-state index is -0.594. The number of rotatable bonds is 4. The highest BCUT2D eigenvalue weighted by Gasteiger charge is 2.07. The fourth-order valence-corrected chi connectivity index (χ4v) is 1.76. The van der Waals surface area contributed by atoms with Gasteiger partial charge in [0.05, 0.1) is 0 Å². The first-order valence-electron chi connectivity index (χ1n) is 6.03. The van der Waals surface area contributed by atoms with Gasteiger partial charge in [0.2, 0.25) is 0 Å². The molecule has 0 aliphatic carbocycles. The molecule has 0 unspecified atom stereocenters. The number of hydrogen-bond donors (Lipinski definition) is 1. The lowest BCUT2D eigenvalue weighted by Crippen LogP contribution is -2.23. The smallest absolute Gasteiger partial charge is 0.407 e. The lowest BCUT2D eigenvalue weighted by molar-refractivity contribution is 0.138. The van der Waals surface area contributed by atoms with E-state index in [1.54, 1.807) is 6.07 Å². The molecule has 1 amide bonds. The standard InChI is InChI=1S/C15H13ClFNO2/c16-13-7-6-12(14(17)8-13)10-20-15(19)18-9-11-4-2-1-3-5-11/h1-8H,9-10H2,(H,18,19). The van der Waals surface area contributed by atoms with Crippen LogP contribution in [0.3, 0.4) is 0 Å². The predicted octanol–water partition coefficient (Wildman–Crippen LogP) is 3.91. The number of alkyl carbamates (subject to hydrolysis) is 1. The second kappa shape index (κ2) is 6.91. The third-order valence-corrected chi connectivity index (χ3v) is 2.89. The van der Waals surface area contributed by atoms with Crippen molar-refractivity contribution in [3.8, 4) is 0 Å². The van der Waals surface area contributed by atoms with Crippen LogP contribution in [0.25, 0.3) is 0 Å². The van der Waals surface area contributed by atoms with Crippen molar-refractivity contribution in [3.05, 3.63) is 70.5 Å². The van der Waals surface area contributed by atoms with Crippen molar-refractivity contribution < 1.29 is 13.9 Å². The van der Waals surface area contributed by atoms with Crippen molar-refractivity contribution in [2.24, 2.45) is 0 Å². The molecule has 0 atom stereocenters. The number of amides is 1. The summed E-state index contributed by atoms with van der Waals surface area (Å²) in [7, 11) is 0. The molecule has 1 N–H and O–H groups in total. The molecule has 0 radical (unpaired) electrons. The Bertz CT molecular complexity index is 590. The van der Waals surface area contributed by atoms with E-state index in [0.29, 0.717) is 11.6 Å². The van der Waals surface area contributed by atoms with E-state index < -0.39 is 11.9 Å². The third kappa shape index (κ3) is 4.24. The quantitative estimate of drug-likeness (QED) is 0.928. The van der Waals surface area contributed by atoms with Crippen LogP contribution in [0.4, 0.5) is 9.18 Å². The van der Waals surface area contributed by atoms with E-state index in [2.05, 4.69) is 5.32 Å². The van der Waals surface area contributed by atoms with E-state index in [1.165, 1.54) is 12.1 Å². The largest absolute Gasteiger partial charge is 0.445 e. The summed E-state index contributed by atoms with van der Waals surface area (Å²) in [5.41, 5.74) is 1.24. The molecule has 0 fully saturated rings. The molecule has 0 aromatic heterocycles. The molecule has 3 nitrogen and oxygen atoms in total. The molecular weight excluding hydrogens is 281 g/mol. The van der Waals surface area contributed by atoms with E-state index in [0.717, 1.165) is 5.56 Å². The first-order valence-corrected chi connectivity index (χ1v) is 6.41. The van der Waals surface area contributed by atoms with Crippen LogP contribution in [0.5, 0.6) is 0 Å². The SMILES string of the molecule is O=C(NCc1ccccc1)OCc1ccc(Cl)cc1F. The molecule has 0 heterocycles. The Kier molecular flexibility index (Phi) is 4.96. The van der Waals surface area contributed by atoms with Gasteiger partial charge in [-0.05, 0) is 17.7 Å². The van der Waals surface area contributed by atoms with Gasteiger partial charge in [0.25, 0.3) is 0 Å². The summed E-state index contributed by atoms with van der Waals surface area (Å²) in [6.07, 6.45) is -0.594. The van der Waals surface area contributed by atoms with Gasteiger partial charge < -0.3 is 10.1 Å². The van der Waals surface area contributed by atoms with Gasteiger partial charge in [-0.15, -0.1) is 0 Å². The Hall–Kier alpha value is -2.07.